The molecule has 0 saturated heterocycles. The van der Waals surface area contributed by atoms with E-state index in [-0.39, 0.29) is 16.0 Å². The van der Waals surface area contributed by atoms with E-state index < -0.39 is 0 Å². The van der Waals surface area contributed by atoms with Gasteiger partial charge in [-0.3, -0.25) is 4.79 Å². The Balaban J connectivity index is 2.10. The van der Waals surface area contributed by atoms with Gasteiger partial charge >= 0.3 is 0 Å². The lowest BCUT2D eigenvalue weighted by Gasteiger charge is -2.15. The van der Waals surface area contributed by atoms with Gasteiger partial charge in [-0.2, -0.15) is 5.26 Å². The van der Waals surface area contributed by atoms with Crippen molar-refractivity contribution in [1.29, 1.82) is 5.26 Å². The van der Waals surface area contributed by atoms with E-state index in [0.717, 1.165) is 16.9 Å². The molecule has 0 bridgehead atoms. The molecule has 0 aliphatic heterocycles. The Morgan fingerprint density at radius 2 is 2.32 bits per heavy atom. The molecular formula is C12H11N5OS. The fourth-order valence-corrected chi connectivity index (χ4v) is 2.17. The number of carbonyl (C=O) groups is 1. The number of carbonyl (C=O) groups excluding carboxylic acids is 1. The first-order chi connectivity index (χ1) is 9.10. The van der Waals surface area contributed by atoms with Gasteiger partial charge in [0, 0.05) is 13.6 Å². The average molecular weight is 273 g/mol. The first-order valence-corrected chi connectivity index (χ1v) is 6.25. The van der Waals surface area contributed by atoms with E-state index in [1.54, 1.807) is 25.2 Å². The van der Waals surface area contributed by atoms with Crippen molar-refractivity contribution in [3.05, 3.63) is 40.4 Å². The van der Waals surface area contributed by atoms with Crippen LogP contribution in [-0.4, -0.2) is 28.1 Å². The van der Waals surface area contributed by atoms with Crippen LogP contribution in [0.15, 0.2) is 24.3 Å². The van der Waals surface area contributed by atoms with Crippen LogP contribution in [0, 0.1) is 11.3 Å². The quantitative estimate of drug-likeness (QED) is 0.908. The van der Waals surface area contributed by atoms with Crippen LogP contribution in [0.3, 0.4) is 0 Å². The summed E-state index contributed by atoms with van der Waals surface area (Å²) in [6, 6.07) is 9.18. The SMILES string of the molecule is CN(Cc1cccc(C#N)c1)C(=O)c1nnc(N)s1. The number of hydrogen-bond acceptors (Lipinski definition) is 6. The van der Waals surface area contributed by atoms with Gasteiger partial charge in [0.1, 0.15) is 0 Å². The maximum Gasteiger partial charge on any atom is 0.284 e. The standard InChI is InChI=1S/C12H11N5OS/c1-17(11(18)10-15-16-12(14)19-10)7-9-4-2-3-8(5-9)6-13/h2-5H,7H2,1H3,(H2,14,16). The third-order valence-electron chi connectivity index (χ3n) is 2.45. The summed E-state index contributed by atoms with van der Waals surface area (Å²) in [6.07, 6.45) is 0. The summed E-state index contributed by atoms with van der Waals surface area (Å²) < 4.78 is 0. The Hall–Kier alpha value is -2.46. The fourth-order valence-electron chi connectivity index (χ4n) is 1.57. The predicted octanol–water partition coefficient (Wildman–Crippen LogP) is 1.26. The zero-order valence-corrected chi connectivity index (χ0v) is 11.0. The van der Waals surface area contributed by atoms with E-state index in [1.807, 2.05) is 6.07 Å². The Morgan fingerprint density at radius 3 is 2.95 bits per heavy atom. The van der Waals surface area contributed by atoms with Crippen LogP contribution in [0.4, 0.5) is 5.13 Å². The van der Waals surface area contributed by atoms with Crippen molar-refractivity contribution in [2.75, 3.05) is 12.8 Å². The molecule has 0 fully saturated rings. The van der Waals surface area contributed by atoms with E-state index in [2.05, 4.69) is 16.3 Å². The van der Waals surface area contributed by atoms with Crippen LogP contribution in [-0.2, 0) is 6.54 Å². The smallest absolute Gasteiger partial charge is 0.284 e. The first kappa shape index (κ1) is 13.0. The summed E-state index contributed by atoms with van der Waals surface area (Å²) in [7, 11) is 1.67. The molecule has 19 heavy (non-hydrogen) atoms. The summed E-state index contributed by atoms with van der Waals surface area (Å²) in [5.74, 6) is -0.239. The number of amides is 1. The molecule has 0 unspecified atom stereocenters. The maximum atomic E-state index is 12.0. The summed E-state index contributed by atoms with van der Waals surface area (Å²) >= 11 is 1.05. The van der Waals surface area contributed by atoms with Gasteiger partial charge in [0.15, 0.2) is 0 Å². The molecule has 1 aromatic heterocycles. The summed E-state index contributed by atoms with van der Waals surface area (Å²) in [5, 5.41) is 16.7. The van der Waals surface area contributed by atoms with Crippen molar-refractivity contribution in [3.63, 3.8) is 0 Å². The summed E-state index contributed by atoms with van der Waals surface area (Å²) in [5.41, 5.74) is 6.90. The first-order valence-electron chi connectivity index (χ1n) is 5.43. The van der Waals surface area contributed by atoms with Crippen LogP contribution in [0.5, 0.6) is 0 Å². The molecule has 0 aliphatic carbocycles. The third-order valence-corrected chi connectivity index (χ3v) is 3.19. The van der Waals surface area contributed by atoms with E-state index in [9.17, 15) is 4.79 Å². The predicted molar refractivity (Wildman–Crippen MR) is 71.3 cm³/mol. The molecule has 1 amide bonds. The molecule has 0 spiro atoms. The van der Waals surface area contributed by atoms with Crippen molar-refractivity contribution in [2.24, 2.45) is 0 Å². The summed E-state index contributed by atoms with van der Waals surface area (Å²) in [6.45, 7) is 0.397. The molecule has 6 nitrogen and oxygen atoms in total. The Morgan fingerprint density at radius 1 is 1.53 bits per heavy atom. The number of benzene rings is 1. The number of nitrogens with zero attached hydrogens (tertiary/aromatic N) is 4. The molecule has 1 heterocycles. The number of anilines is 1. The second kappa shape index (κ2) is 5.46. The van der Waals surface area contributed by atoms with Crippen molar-refractivity contribution >= 4 is 22.4 Å². The van der Waals surface area contributed by atoms with E-state index in [1.165, 1.54) is 4.90 Å². The van der Waals surface area contributed by atoms with Gasteiger partial charge in [0.05, 0.1) is 11.6 Å². The lowest BCUT2D eigenvalue weighted by Crippen LogP contribution is -2.26. The fraction of sp³-hybridized carbons (Fsp3) is 0.167. The second-order valence-corrected chi connectivity index (χ2v) is 4.93. The van der Waals surface area contributed by atoms with E-state index in [0.29, 0.717) is 12.1 Å². The minimum absolute atomic E-state index is 0.239. The highest BCUT2D eigenvalue weighted by atomic mass is 32.1. The van der Waals surface area contributed by atoms with Gasteiger partial charge in [0.25, 0.3) is 5.91 Å². The lowest BCUT2D eigenvalue weighted by molar-refractivity contribution is 0.0784. The van der Waals surface area contributed by atoms with Crippen molar-refractivity contribution in [3.8, 4) is 6.07 Å². The van der Waals surface area contributed by atoms with Crippen LogP contribution < -0.4 is 5.73 Å². The highest BCUT2D eigenvalue weighted by Crippen LogP contribution is 2.14. The lowest BCUT2D eigenvalue weighted by atomic mass is 10.1. The molecule has 2 aromatic rings. The van der Waals surface area contributed by atoms with Crippen molar-refractivity contribution in [1.82, 2.24) is 15.1 Å². The van der Waals surface area contributed by atoms with Gasteiger partial charge in [-0.25, -0.2) is 0 Å². The van der Waals surface area contributed by atoms with E-state index >= 15 is 0 Å². The van der Waals surface area contributed by atoms with Crippen LogP contribution >= 0.6 is 11.3 Å². The third kappa shape index (κ3) is 3.05. The molecule has 2 N–H and O–H groups in total. The molecule has 96 valence electrons. The number of rotatable bonds is 3. The molecule has 0 atom stereocenters. The maximum absolute atomic E-state index is 12.0. The highest BCUT2D eigenvalue weighted by molar-refractivity contribution is 7.16. The molecule has 0 saturated carbocycles. The number of nitrogens with two attached hydrogens (primary N) is 1. The molecule has 0 aliphatic rings. The van der Waals surface area contributed by atoms with Gasteiger partial charge in [-0.1, -0.05) is 23.5 Å². The average Bonchev–Trinajstić information content (AvgIpc) is 2.84. The monoisotopic (exact) mass is 273 g/mol. The van der Waals surface area contributed by atoms with Gasteiger partial charge in [0.2, 0.25) is 10.1 Å². The molecule has 1 aromatic carbocycles. The summed E-state index contributed by atoms with van der Waals surface area (Å²) in [4.78, 5) is 13.5. The number of nitriles is 1. The van der Waals surface area contributed by atoms with Crippen LogP contribution in [0.1, 0.15) is 20.9 Å². The molecule has 7 heteroatoms. The zero-order valence-electron chi connectivity index (χ0n) is 10.2. The number of hydrogen-bond donors (Lipinski definition) is 1. The molecule has 2 rings (SSSR count). The molecule has 0 radical (unpaired) electrons. The van der Waals surface area contributed by atoms with Crippen molar-refractivity contribution < 1.29 is 4.79 Å². The Bertz CT molecular complexity index is 646. The van der Waals surface area contributed by atoms with Crippen molar-refractivity contribution in [2.45, 2.75) is 6.54 Å². The number of nitrogen functional groups attached to an aromatic ring is 1. The minimum atomic E-state index is -0.239. The number of aromatic nitrogens is 2. The highest BCUT2D eigenvalue weighted by Gasteiger charge is 2.16. The van der Waals surface area contributed by atoms with Crippen LogP contribution in [0.25, 0.3) is 0 Å². The zero-order chi connectivity index (χ0) is 13.8. The Kier molecular flexibility index (Phi) is 3.73. The Labute approximate surface area is 114 Å². The second-order valence-electron chi connectivity index (χ2n) is 3.92. The van der Waals surface area contributed by atoms with Gasteiger partial charge in [-0.15, -0.1) is 10.2 Å². The molecular weight excluding hydrogens is 262 g/mol. The largest absolute Gasteiger partial charge is 0.374 e. The minimum Gasteiger partial charge on any atom is -0.374 e. The normalized spacial score (nSPS) is 9.89. The topological polar surface area (TPSA) is 95.9 Å². The van der Waals surface area contributed by atoms with Crippen LogP contribution in [0.2, 0.25) is 0 Å². The van der Waals surface area contributed by atoms with Gasteiger partial charge in [-0.05, 0) is 17.7 Å². The van der Waals surface area contributed by atoms with Gasteiger partial charge < -0.3 is 10.6 Å². The van der Waals surface area contributed by atoms with E-state index in [4.69, 9.17) is 11.0 Å².